The minimum absolute atomic E-state index is 0.00990. The van der Waals surface area contributed by atoms with Gasteiger partial charge in [-0.3, -0.25) is 4.79 Å². The van der Waals surface area contributed by atoms with Crippen molar-refractivity contribution in [3.8, 4) is 17.2 Å². The van der Waals surface area contributed by atoms with Crippen molar-refractivity contribution in [2.75, 3.05) is 6.61 Å². The molecular formula is C18H18F2O4. The first kappa shape index (κ1) is 17.7. The third kappa shape index (κ3) is 3.82. The van der Waals surface area contributed by atoms with E-state index < -0.39 is 24.0 Å². The van der Waals surface area contributed by atoms with E-state index in [1.807, 2.05) is 6.92 Å². The zero-order chi connectivity index (χ0) is 17.9. The van der Waals surface area contributed by atoms with E-state index in [0.717, 1.165) is 24.6 Å². The maximum atomic E-state index is 13.5. The van der Waals surface area contributed by atoms with Crippen molar-refractivity contribution in [1.82, 2.24) is 0 Å². The average Bonchev–Trinajstić information content (AvgIpc) is 2.52. The summed E-state index contributed by atoms with van der Waals surface area (Å²) in [7, 11) is 0. The molecule has 0 atom stereocenters. The number of benzene rings is 2. The lowest BCUT2D eigenvalue weighted by Crippen LogP contribution is -2.12. The minimum atomic E-state index is -0.768. The van der Waals surface area contributed by atoms with Crippen molar-refractivity contribution in [2.24, 2.45) is 0 Å². The Morgan fingerprint density at radius 2 is 1.71 bits per heavy atom. The summed E-state index contributed by atoms with van der Waals surface area (Å²) in [6, 6.07) is 4.48. The fourth-order valence-electron chi connectivity index (χ4n) is 2.25. The number of aromatic hydroxyl groups is 2. The molecule has 0 saturated heterocycles. The van der Waals surface area contributed by atoms with Crippen LogP contribution in [0.4, 0.5) is 8.78 Å². The lowest BCUT2D eigenvalue weighted by molar-refractivity contribution is 0.0918. The van der Waals surface area contributed by atoms with Gasteiger partial charge in [-0.2, -0.15) is 0 Å². The standard InChI is InChI=1S/C18H18F2O4/c1-3-4-11-5-13(17(22)8-16(11)21)18(23)9-24-12-6-14(19)10(2)15(20)7-12/h5-8,21-22H,3-4,9H2,1-2H3. The van der Waals surface area contributed by atoms with Crippen LogP contribution in [0.5, 0.6) is 17.2 Å². The molecule has 0 unspecified atom stereocenters. The fourth-order valence-corrected chi connectivity index (χ4v) is 2.25. The monoisotopic (exact) mass is 336 g/mol. The number of Topliss-reactive ketones (excluding diaryl/α,β-unsaturated/α-hetero) is 1. The SMILES string of the molecule is CCCc1cc(C(=O)COc2cc(F)c(C)c(F)c2)c(O)cc1O. The first-order valence-corrected chi connectivity index (χ1v) is 7.50. The Hall–Kier alpha value is -2.63. The summed E-state index contributed by atoms with van der Waals surface area (Å²) in [5, 5.41) is 19.6. The predicted octanol–water partition coefficient (Wildman–Crippen LogP) is 3.90. The summed E-state index contributed by atoms with van der Waals surface area (Å²) < 4.78 is 32.0. The van der Waals surface area contributed by atoms with Crippen LogP contribution in [-0.4, -0.2) is 22.6 Å². The first-order valence-electron chi connectivity index (χ1n) is 7.50. The molecule has 2 N–H and O–H groups in total. The van der Waals surface area contributed by atoms with Crippen LogP contribution in [0.2, 0.25) is 0 Å². The fraction of sp³-hybridized carbons (Fsp3) is 0.278. The summed E-state index contributed by atoms with van der Waals surface area (Å²) in [6.45, 7) is 2.71. The van der Waals surface area contributed by atoms with Gasteiger partial charge in [-0.1, -0.05) is 13.3 Å². The van der Waals surface area contributed by atoms with E-state index in [4.69, 9.17) is 4.74 Å². The van der Waals surface area contributed by atoms with Crippen molar-refractivity contribution in [3.63, 3.8) is 0 Å². The number of phenolic OH excluding ortho intramolecular Hbond substituents is 2. The second-order valence-electron chi connectivity index (χ2n) is 5.47. The van der Waals surface area contributed by atoms with E-state index in [2.05, 4.69) is 0 Å². The molecule has 6 heteroatoms. The van der Waals surface area contributed by atoms with Crippen molar-refractivity contribution in [2.45, 2.75) is 26.7 Å². The molecule has 0 aliphatic carbocycles. The van der Waals surface area contributed by atoms with Crippen molar-refractivity contribution < 1.29 is 28.5 Å². The highest BCUT2D eigenvalue weighted by atomic mass is 19.1. The number of hydrogen-bond acceptors (Lipinski definition) is 4. The van der Waals surface area contributed by atoms with Crippen LogP contribution < -0.4 is 4.74 Å². The van der Waals surface area contributed by atoms with E-state index in [1.165, 1.54) is 13.0 Å². The highest BCUT2D eigenvalue weighted by molar-refractivity contribution is 6.00. The maximum absolute atomic E-state index is 13.5. The van der Waals surface area contributed by atoms with E-state index in [-0.39, 0.29) is 28.4 Å². The summed E-state index contributed by atoms with van der Waals surface area (Å²) in [6.07, 6.45) is 1.30. The van der Waals surface area contributed by atoms with Crippen LogP contribution in [0.15, 0.2) is 24.3 Å². The number of halogens is 2. The van der Waals surface area contributed by atoms with Gasteiger partial charge in [-0.05, 0) is 25.0 Å². The zero-order valence-corrected chi connectivity index (χ0v) is 13.4. The topological polar surface area (TPSA) is 66.8 Å². The van der Waals surface area contributed by atoms with Crippen LogP contribution in [0.3, 0.4) is 0 Å². The van der Waals surface area contributed by atoms with Gasteiger partial charge in [0.15, 0.2) is 6.61 Å². The number of phenols is 2. The number of carbonyl (C=O) groups excluding carboxylic acids is 1. The molecule has 0 heterocycles. The van der Waals surface area contributed by atoms with Crippen molar-refractivity contribution >= 4 is 5.78 Å². The molecule has 0 aliphatic rings. The lowest BCUT2D eigenvalue weighted by Gasteiger charge is -2.11. The van der Waals surface area contributed by atoms with Crippen LogP contribution in [0.1, 0.15) is 34.8 Å². The molecule has 0 radical (unpaired) electrons. The molecule has 0 fully saturated rings. The Labute approximate surface area is 138 Å². The molecule has 0 aromatic heterocycles. The first-order chi connectivity index (χ1) is 11.3. The van der Waals surface area contributed by atoms with Crippen LogP contribution >= 0.6 is 0 Å². The van der Waals surface area contributed by atoms with Crippen LogP contribution in [0, 0.1) is 18.6 Å². The largest absolute Gasteiger partial charge is 0.508 e. The molecule has 24 heavy (non-hydrogen) atoms. The molecule has 2 rings (SSSR count). The van der Waals surface area contributed by atoms with Gasteiger partial charge < -0.3 is 14.9 Å². The third-order valence-electron chi connectivity index (χ3n) is 3.64. The molecule has 4 nitrogen and oxygen atoms in total. The molecule has 128 valence electrons. The quantitative estimate of drug-likeness (QED) is 0.785. The van der Waals surface area contributed by atoms with Gasteiger partial charge in [0.25, 0.3) is 0 Å². The minimum Gasteiger partial charge on any atom is -0.508 e. The molecule has 0 aliphatic heterocycles. The maximum Gasteiger partial charge on any atom is 0.203 e. The summed E-state index contributed by atoms with van der Waals surface area (Å²) >= 11 is 0. The number of aryl methyl sites for hydroxylation is 1. The number of ketones is 1. The van der Waals surface area contributed by atoms with E-state index >= 15 is 0 Å². The normalized spacial score (nSPS) is 10.7. The van der Waals surface area contributed by atoms with Gasteiger partial charge >= 0.3 is 0 Å². The number of rotatable bonds is 6. The summed E-state index contributed by atoms with van der Waals surface area (Å²) in [5.74, 6) is -2.68. The van der Waals surface area contributed by atoms with Crippen LogP contribution in [0.25, 0.3) is 0 Å². The Balaban J connectivity index is 2.17. The van der Waals surface area contributed by atoms with Crippen molar-refractivity contribution in [3.05, 3.63) is 52.6 Å². The highest BCUT2D eigenvalue weighted by Gasteiger charge is 2.16. The Kier molecular flexibility index (Phi) is 5.39. The second kappa shape index (κ2) is 7.29. The Bertz CT molecular complexity index is 749. The molecule has 2 aromatic rings. The van der Waals surface area contributed by atoms with E-state index in [1.54, 1.807) is 0 Å². The average molecular weight is 336 g/mol. The molecule has 0 bridgehead atoms. The Morgan fingerprint density at radius 3 is 2.29 bits per heavy atom. The lowest BCUT2D eigenvalue weighted by atomic mass is 10.0. The Morgan fingerprint density at radius 1 is 1.08 bits per heavy atom. The number of hydrogen-bond donors (Lipinski definition) is 2. The smallest absolute Gasteiger partial charge is 0.203 e. The van der Waals surface area contributed by atoms with Gasteiger partial charge in [-0.15, -0.1) is 0 Å². The van der Waals surface area contributed by atoms with E-state index in [9.17, 15) is 23.8 Å². The molecular weight excluding hydrogens is 318 g/mol. The molecule has 0 spiro atoms. The van der Waals surface area contributed by atoms with E-state index in [0.29, 0.717) is 12.0 Å². The molecule has 0 saturated carbocycles. The van der Waals surface area contributed by atoms with Gasteiger partial charge in [0.05, 0.1) is 5.56 Å². The predicted molar refractivity (Wildman–Crippen MR) is 84.7 cm³/mol. The number of ether oxygens (including phenoxy) is 1. The van der Waals surface area contributed by atoms with Gasteiger partial charge in [0, 0.05) is 23.8 Å². The van der Waals surface area contributed by atoms with Gasteiger partial charge in [0.2, 0.25) is 5.78 Å². The zero-order valence-electron chi connectivity index (χ0n) is 13.4. The highest BCUT2D eigenvalue weighted by Crippen LogP contribution is 2.29. The second-order valence-corrected chi connectivity index (χ2v) is 5.47. The summed E-state index contributed by atoms with van der Waals surface area (Å²) in [5.41, 5.74) is 0.393. The van der Waals surface area contributed by atoms with Gasteiger partial charge in [-0.25, -0.2) is 8.78 Å². The van der Waals surface area contributed by atoms with Crippen molar-refractivity contribution in [1.29, 1.82) is 0 Å². The molecule has 2 aromatic carbocycles. The summed E-state index contributed by atoms with van der Waals surface area (Å²) in [4.78, 5) is 12.2. The van der Waals surface area contributed by atoms with Crippen LogP contribution in [-0.2, 0) is 6.42 Å². The third-order valence-corrected chi connectivity index (χ3v) is 3.64. The van der Waals surface area contributed by atoms with Gasteiger partial charge in [0.1, 0.15) is 28.9 Å². The molecule has 0 amide bonds. The number of carbonyl (C=O) groups is 1.